The van der Waals surface area contributed by atoms with Crippen LogP contribution in [0.1, 0.15) is 18.9 Å². The third kappa shape index (κ3) is 1.66. The molecule has 2 heterocycles. The fourth-order valence-corrected chi connectivity index (χ4v) is 2.49. The van der Waals surface area contributed by atoms with Gasteiger partial charge in [0.15, 0.2) is 5.65 Å². The number of rotatable bonds is 2. The Labute approximate surface area is 114 Å². The molecular weight excluding hydrogens is 257 g/mol. The molecule has 0 unspecified atom stereocenters. The molecule has 1 N–H and O–H groups in total. The molecule has 0 radical (unpaired) electrons. The van der Waals surface area contributed by atoms with Gasteiger partial charge in [0.1, 0.15) is 22.9 Å². The van der Waals surface area contributed by atoms with Gasteiger partial charge in [0.25, 0.3) is 0 Å². The number of halogens is 1. The second-order valence-electron chi connectivity index (χ2n) is 5.04. The lowest BCUT2D eigenvalue weighted by Gasteiger charge is -2.08. The number of nitrogens with zero attached hydrogens (tertiary/aromatic N) is 3. The molecule has 1 aliphatic rings. The molecule has 3 aromatic rings. The van der Waals surface area contributed by atoms with Crippen LogP contribution in [0.5, 0.6) is 5.75 Å². The molecule has 1 aromatic carbocycles. The zero-order valence-electron chi connectivity index (χ0n) is 10.6. The smallest absolute Gasteiger partial charge is 0.160 e. The summed E-state index contributed by atoms with van der Waals surface area (Å²) in [7, 11) is 0. The number of imidazole rings is 1. The molecule has 0 spiro atoms. The van der Waals surface area contributed by atoms with Crippen molar-refractivity contribution in [2.75, 3.05) is 0 Å². The van der Waals surface area contributed by atoms with Gasteiger partial charge in [0.2, 0.25) is 0 Å². The van der Waals surface area contributed by atoms with Crippen molar-refractivity contribution in [3.8, 4) is 17.1 Å². The molecule has 0 bridgehead atoms. The van der Waals surface area contributed by atoms with E-state index in [4.69, 9.17) is 0 Å². The van der Waals surface area contributed by atoms with Crippen LogP contribution >= 0.6 is 0 Å². The summed E-state index contributed by atoms with van der Waals surface area (Å²) in [4.78, 5) is 8.89. The predicted molar refractivity (Wildman–Crippen MR) is 72.9 cm³/mol. The first-order valence-electron chi connectivity index (χ1n) is 6.56. The number of pyridine rings is 1. The van der Waals surface area contributed by atoms with Crippen molar-refractivity contribution in [1.82, 2.24) is 14.5 Å². The van der Waals surface area contributed by atoms with Crippen molar-refractivity contribution in [3.63, 3.8) is 0 Å². The summed E-state index contributed by atoms with van der Waals surface area (Å²) in [6, 6.07) is 7.95. The van der Waals surface area contributed by atoms with E-state index < -0.39 is 0 Å². The van der Waals surface area contributed by atoms with E-state index >= 15 is 0 Å². The van der Waals surface area contributed by atoms with Crippen molar-refractivity contribution in [3.05, 3.63) is 42.3 Å². The Morgan fingerprint density at radius 3 is 2.90 bits per heavy atom. The van der Waals surface area contributed by atoms with Gasteiger partial charge in [0.05, 0.1) is 5.56 Å². The monoisotopic (exact) mass is 269 g/mol. The third-order valence-electron chi connectivity index (χ3n) is 3.56. The van der Waals surface area contributed by atoms with Gasteiger partial charge in [0, 0.05) is 12.2 Å². The summed E-state index contributed by atoms with van der Waals surface area (Å²) < 4.78 is 15.5. The maximum absolute atomic E-state index is 13.5. The largest absolute Gasteiger partial charge is 0.507 e. The van der Waals surface area contributed by atoms with Crippen LogP contribution < -0.4 is 0 Å². The molecule has 5 heteroatoms. The van der Waals surface area contributed by atoms with E-state index in [0.717, 1.165) is 24.0 Å². The van der Waals surface area contributed by atoms with Crippen LogP contribution in [-0.4, -0.2) is 19.6 Å². The summed E-state index contributed by atoms with van der Waals surface area (Å²) >= 11 is 0. The quantitative estimate of drug-likeness (QED) is 0.776. The Balaban J connectivity index is 2.03. The molecular formula is C15H12FN3O. The average molecular weight is 269 g/mol. The Morgan fingerprint density at radius 1 is 1.25 bits per heavy atom. The second-order valence-corrected chi connectivity index (χ2v) is 5.04. The maximum Gasteiger partial charge on any atom is 0.160 e. The molecule has 20 heavy (non-hydrogen) atoms. The third-order valence-corrected chi connectivity index (χ3v) is 3.56. The van der Waals surface area contributed by atoms with Crippen molar-refractivity contribution in [1.29, 1.82) is 0 Å². The van der Waals surface area contributed by atoms with E-state index in [1.807, 2.05) is 16.7 Å². The van der Waals surface area contributed by atoms with Crippen molar-refractivity contribution >= 4 is 11.2 Å². The summed E-state index contributed by atoms with van der Waals surface area (Å²) in [6.07, 6.45) is 3.84. The van der Waals surface area contributed by atoms with Crippen molar-refractivity contribution < 1.29 is 9.50 Å². The molecule has 0 saturated heterocycles. The number of hydrogen-bond acceptors (Lipinski definition) is 3. The molecule has 4 rings (SSSR count). The SMILES string of the molecule is Oc1ccc(F)cc1-c1nc2cccnc2n1C1CC1. The summed E-state index contributed by atoms with van der Waals surface area (Å²) in [5.41, 5.74) is 1.96. The van der Waals surface area contributed by atoms with E-state index in [2.05, 4.69) is 9.97 Å². The predicted octanol–water partition coefficient (Wildman–Crippen LogP) is 3.28. The minimum absolute atomic E-state index is 0.0311. The van der Waals surface area contributed by atoms with E-state index in [-0.39, 0.29) is 11.6 Å². The number of hydrogen-bond donors (Lipinski definition) is 1. The summed E-state index contributed by atoms with van der Waals surface area (Å²) in [5.74, 6) is 0.224. The number of phenols is 1. The van der Waals surface area contributed by atoms with Gasteiger partial charge in [-0.05, 0) is 43.2 Å². The molecule has 1 aliphatic carbocycles. The minimum Gasteiger partial charge on any atom is -0.507 e. The highest BCUT2D eigenvalue weighted by Gasteiger charge is 2.30. The number of aromatic nitrogens is 3. The van der Waals surface area contributed by atoms with Gasteiger partial charge in [-0.1, -0.05) is 0 Å². The summed E-state index contributed by atoms with van der Waals surface area (Å²) in [6.45, 7) is 0. The number of phenolic OH excluding ortho intramolecular Hbond substituents is 1. The van der Waals surface area contributed by atoms with Crippen LogP contribution in [0.4, 0.5) is 4.39 Å². The first-order valence-corrected chi connectivity index (χ1v) is 6.56. The molecule has 100 valence electrons. The zero-order valence-corrected chi connectivity index (χ0v) is 10.6. The van der Waals surface area contributed by atoms with Gasteiger partial charge in [-0.3, -0.25) is 0 Å². The van der Waals surface area contributed by atoms with E-state index in [1.54, 1.807) is 6.20 Å². The molecule has 1 fully saturated rings. The Morgan fingerprint density at radius 2 is 2.10 bits per heavy atom. The van der Waals surface area contributed by atoms with Crippen LogP contribution in [0.15, 0.2) is 36.5 Å². The highest BCUT2D eigenvalue weighted by Crippen LogP contribution is 2.42. The average Bonchev–Trinajstić information content (AvgIpc) is 3.21. The van der Waals surface area contributed by atoms with Crippen LogP contribution in [0, 0.1) is 5.82 Å². The van der Waals surface area contributed by atoms with E-state index in [9.17, 15) is 9.50 Å². The lowest BCUT2D eigenvalue weighted by atomic mass is 10.2. The Bertz CT molecular complexity index is 808. The Kier molecular flexibility index (Phi) is 2.30. The molecule has 4 nitrogen and oxygen atoms in total. The first kappa shape index (κ1) is 11.4. The Hall–Kier alpha value is -2.43. The van der Waals surface area contributed by atoms with Crippen LogP contribution in [0.25, 0.3) is 22.6 Å². The molecule has 0 aliphatic heterocycles. The minimum atomic E-state index is -0.389. The van der Waals surface area contributed by atoms with Gasteiger partial charge in [-0.2, -0.15) is 0 Å². The lowest BCUT2D eigenvalue weighted by Crippen LogP contribution is -1.99. The van der Waals surface area contributed by atoms with E-state index in [1.165, 1.54) is 18.2 Å². The fraction of sp³-hybridized carbons (Fsp3) is 0.200. The second kappa shape index (κ2) is 4.03. The molecule has 1 saturated carbocycles. The molecule has 0 amide bonds. The van der Waals surface area contributed by atoms with Crippen LogP contribution in [-0.2, 0) is 0 Å². The van der Waals surface area contributed by atoms with Gasteiger partial charge in [-0.15, -0.1) is 0 Å². The zero-order chi connectivity index (χ0) is 13.7. The van der Waals surface area contributed by atoms with Gasteiger partial charge < -0.3 is 9.67 Å². The number of fused-ring (bicyclic) bond motifs is 1. The van der Waals surface area contributed by atoms with Crippen LogP contribution in [0.3, 0.4) is 0 Å². The first-order chi connectivity index (χ1) is 9.74. The molecule has 0 atom stereocenters. The highest BCUT2D eigenvalue weighted by molar-refractivity contribution is 5.79. The highest BCUT2D eigenvalue weighted by atomic mass is 19.1. The van der Waals surface area contributed by atoms with Crippen LogP contribution in [0.2, 0.25) is 0 Å². The summed E-state index contributed by atoms with van der Waals surface area (Å²) in [5, 5.41) is 10.00. The standard InChI is InChI=1S/C15H12FN3O/c16-9-3-6-13(20)11(8-9)14-18-12-2-1-7-17-15(12)19(14)10-4-5-10/h1-3,6-8,10,20H,4-5H2. The molecule has 2 aromatic heterocycles. The van der Waals surface area contributed by atoms with E-state index in [0.29, 0.717) is 17.4 Å². The topological polar surface area (TPSA) is 50.9 Å². The number of aromatic hydroxyl groups is 1. The fourth-order valence-electron chi connectivity index (χ4n) is 2.49. The maximum atomic E-state index is 13.5. The normalized spacial score (nSPS) is 14.8. The van der Waals surface area contributed by atoms with Gasteiger partial charge in [-0.25, -0.2) is 14.4 Å². The van der Waals surface area contributed by atoms with Gasteiger partial charge >= 0.3 is 0 Å². The number of benzene rings is 1. The lowest BCUT2D eigenvalue weighted by molar-refractivity contribution is 0.474. The van der Waals surface area contributed by atoms with Crippen molar-refractivity contribution in [2.24, 2.45) is 0 Å². The van der Waals surface area contributed by atoms with Crippen molar-refractivity contribution in [2.45, 2.75) is 18.9 Å².